The molecule has 0 spiro atoms. The highest BCUT2D eigenvalue weighted by Gasteiger charge is 2.15. The third-order valence-electron chi connectivity index (χ3n) is 2.15. The van der Waals surface area contributed by atoms with Crippen molar-refractivity contribution in [3.63, 3.8) is 0 Å². The molecule has 1 rings (SSSR count). The summed E-state index contributed by atoms with van der Waals surface area (Å²) in [5.74, 6) is 0.473. The quantitative estimate of drug-likeness (QED) is 0.754. The lowest BCUT2D eigenvalue weighted by Gasteiger charge is -2.15. The largest absolute Gasteiger partial charge is 0.396 e. The highest BCUT2D eigenvalue weighted by atomic mass is 35.5. The minimum atomic E-state index is -0.272. The van der Waals surface area contributed by atoms with Gasteiger partial charge in [-0.1, -0.05) is 23.2 Å². The van der Waals surface area contributed by atoms with Crippen LogP contribution in [0.3, 0.4) is 0 Å². The molecule has 0 fully saturated rings. The number of halogens is 2. The maximum Gasteiger partial charge on any atom is 0.268 e. The number of rotatable bonds is 6. The number of aromatic nitrogens is 1. The average Bonchev–Trinajstić information content (AvgIpc) is 2.60. The van der Waals surface area contributed by atoms with E-state index in [0.29, 0.717) is 17.1 Å². The maximum absolute atomic E-state index is 11.8. The molecule has 0 radical (unpaired) electrons. The molecule has 1 aromatic heterocycles. The lowest BCUT2D eigenvalue weighted by atomic mass is 10.2. The third-order valence-corrected chi connectivity index (χ3v) is 3.58. The van der Waals surface area contributed by atoms with Gasteiger partial charge in [-0.05, 0) is 18.7 Å². The van der Waals surface area contributed by atoms with Gasteiger partial charge < -0.3 is 15.4 Å². The van der Waals surface area contributed by atoms with Crippen LogP contribution in [0, 0.1) is 0 Å². The number of nitrogens with one attached hydrogen (secondary N) is 2. The van der Waals surface area contributed by atoms with Crippen LogP contribution in [0.15, 0.2) is 6.07 Å². The summed E-state index contributed by atoms with van der Waals surface area (Å²) in [7, 11) is 0. The van der Waals surface area contributed by atoms with Gasteiger partial charge in [0.05, 0.1) is 5.02 Å². The number of aliphatic hydroxyl groups is 1. The minimum absolute atomic E-state index is 0.0394. The molecule has 17 heavy (non-hydrogen) atoms. The van der Waals surface area contributed by atoms with E-state index in [1.807, 2.05) is 6.26 Å². The van der Waals surface area contributed by atoms with Crippen LogP contribution in [-0.4, -0.2) is 40.7 Å². The van der Waals surface area contributed by atoms with E-state index in [-0.39, 0.29) is 23.7 Å². The molecule has 4 nitrogen and oxygen atoms in total. The highest BCUT2D eigenvalue weighted by Crippen LogP contribution is 2.21. The molecule has 1 heterocycles. The monoisotopic (exact) mass is 296 g/mol. The average molecular weight is 297 g/mol. The Morgan fingerprint density at radius 1 is 1.65 bits per heavy atom. The highest BCUT2D eigenvalue weighted by molar-refractivity contribution is 7.98. The second-order valence-corrected chi connectivity index (χ2v) is 5.18. The second kappa shape index (κ2) is 7.16. The first-order valence-corrected chi connectivity index (χ1v) is 7.18. The van der Waals surface area contributed by atoms with Gasteiger partial charge in [-0.3, -0.25) is 4.79 Å². The molecular weight excluding hydrogens is 283 g/mol. The molecule has 1 atom stereocenters. The zero-order valence-electron chi connectivity index (χ0n) is 9.30. The van der Waals surface area contributed by atoms with E-state index in [1.165, 1.54) is 6.07 Å². The molecule has 0 aliphatic heterocycles. The number of amides is 1. The van der Waals surface area contributed by atoms with Crippen molar-refractivity contribution in [2.75, 3.05) is 18.6 Å². The van der Waals surface area contributed by atoms with Gasteiger partial charge in [-0.2, -0.15) is 11.8 Å². The number of hydrogen-bond acceptors (Lipinski definition) is 3. The number of thioether (sulfide) groups is 1. The zero-order valence-corrected chi connectivity index (χ0v) is 11.6. The van der Waals surface area contributed by atoms with Crippen molar-refractivity contribution in [1.82, 2.24) is 10.3 Å². The van der Waals surface area contributed by atoms with Crippen LogP contribution in [0.5, 0.6) is 0 Å². The van der Waals surface area contributed by atoms with Gasteiger partial charge in [0, 0.05) is 18.4 Å². The van der Waals surface area contributed by atoms with Crippen molar-refractivity contribution >= 4 is 40.9 Å². The number of hydrogen-bond donors (Lipinski definition) is 3. The van der Waals surface area contributed by atoms with Crippen molar-refractivity contribution in [3.05, 3.63) is 21.9 Å². The minimum Gasteiger partial charge on any atom is -0.396 e. The summed E-state index contributed by atoms with van der Waals surface area (Å²) in [6, 6.07) is 1.41. The molecule has 0 aliphatic carbocycles. The van der Waals surface area contributed by atoms with E-state index >= 15 is 0 Å². The van der Waals surface area contributed by atoms with Gasteiger partial charge in [0.1, 0.15) is 10.8 Å². The smallest absolute Gasteiger partial charge is 0.268 e. The Morgan fingerprint density at radius 2 is 2.35 bits per heavy atom. The summed E-state index contributed by atoms with van der Waals surface area (Å²) in [4.78, 5) is 14.5. The summed E-state index contributed by atoms with van der Waals surface area (Å²) in [6.07, 6.45) is 2.47. The Kier molecular flexibility index (Phi) is 6.19. The third kappa shape index (κ3) is 4.43. The Balaban J connectivity index is 2.63. The van der Waals surface area contributed by atoms with Crippen molar-refractivity contribution in [2.45, 2.75) is 12.5 Å². The van der Waals surface area contributed by atoms with Gasteiger partial charge in [-0.25, -0.2) is 0 Å². The van der Waals surface area contributed by atoms with Gasteiger partial charge >= 0.3 is 0 Å². The van der Waals surface area contributed by atoms with Gasteiger partial charge in [0.2, 0.25) is 0 Å². The predicted molar refractivity (Wildman–Crippen MR) is 72.2 cm³/mol. The van der Waals surface area contributed by atoms with Crippen molar-refractivity contribution in [3.8, 4) is 0 Å². The van der Waals surface area contributed by atoms with Crippen LogP contribution in [-0.2, 0) is 0 Å². The summed E-state index contributed by atoms with van der Waals surface area (Å²) < 4.78 is 0. The van der Waals surface area contributed by atoms with E-state index in [0.717, 1.165) is 5.75 Å². The Hall–Kier alpha value is -0.360. The van der Waals surface area contributed by atoms with E-state index in [1.54, 1.807) is 11.8 Å². The fourth-order valence-corrected chi connectivity index (χ4v) is 2.31. The second-order valence-electron chi connectivity index (χ2n) is 3.48. The van der Waals surface area contributed by atoms with Crippen LogP contribution in [0.2, 0.25) is 10.2 Å². The summed E-state index contributed by atoms with van der Waals surface area (Å²) in [5.41, 5.74) is 0.323. The lowest BCUT2D eigenvalue weighted by Crippen LogP contribution is -2.37. The molecule has 7 heteroatoms. The van der Waals surface area contributed by atoms with Crippen LogP contribution in [0.1, 0.15) is 16.9 Å². The molecule has 0 aromatic carbocycles. The van der Waals surface area contributed by atoms with Crippen molar-refractivity contribution < 1.29 is 9.90 Å². The van der Waals surface area contributed by atoms with Crippen LogP contribution >= 0.6 is 35.0 Å². The standard InChI is InChI=1S/C10H14Cl2N2O2S/c1-17-5-6(2-3-15)13-10(16)8-4-7(11)9(12)14-8/h4,6,14-15H,2-3,5H2,1H3,(H,13,16). The first-order valence-electron chi connectivity index (χ1n) is 5.03. The molecule has 0 saturated carbocycles. The molecule has 0 saturated heterocycles. The SMILES string of the molecule is CSCC(CCO)NC(=O)c1cc(Cl)c(Cl)[nH]1. The lowest BCUT2D eigenvalue weighted by molar-refractivity contribution is 0.0931. The van der Waals surface area contributed by atoms with Crippen LogP contribution < -0.4 is 5.32 Å². The van der Waals surface area contributed by atoms with Crippen molar-refractivity contribution in [2.24, 2.45) is 0 Å². The molecule has 1 aromatic rings. The number of aromatic amines is 1. The maximum atomic E-state index is 11.8. The number of carbonyl (C=O) groups is 1. The van der Waals surface area contributed by atoms with E-state index in [9.17, 15) is 4.79 Å². The Morgan fingerprint density at radius 3 is 2.82 bits per heavy atom. The first kappa shape index (κ1) is 14.7. The summed E-state index contributed by atoms with van der Waals surface area (Å²) in [6.45, 7) is 0.0394. The topological polar surface area (TPSA) is 65.1 Å². The molecule has 1 amide bonds. The van der Waals surface area contributed by atoms with E-state index in [2.05, 4.69) is 10.3 Å². The Bertz CT molecular complexity index is 359. The van der Waals surface area contributed by atoms with Gasteiger partial charge in [-0.15, -0.1) is 0 Å². The molecule has 0 aliphatic rings. The fraction of sp³-hybridized carbons (Fsp3) is 0.500. The molecule has 3 N–H and O–H groups in total. The van der Waals surface area contributed by atoms with E-state index < -0.39 is 0 Å². The van der Waals surface area contributed by atoms with Crippen LogP contribution in [0.4, 0.5) is 0 Å². The summed E-state index contributed by atoms with van der Waals surface area (Å²) in [5, 5.41) is 12.3. The number of H-pyrrole nitrogens is 1. The molecule has 96 valence electrons. The molecular formula is C10H14Cl2N2O2S. The van der Waals surface area contributed by atoms with Gasteiger partial charge in [0.15, 0.2) is 0 Å². The zero-order chi connectivity index (χ0) is 12.8. The molecule has 0 bridgehead atoms. The fourth-order valence-electron chi connectivity index (χ4n) is 1.34. The number of carbonyl (C=O) groups excluding carboxylic acids is 1. The van der Waals surface area contributed by atoms with E-state index in [4.69, 9.17) is 28.3 Å². The van der Waals surface area contributed by atoms with Crippen LogP contribution in [0.25, 0.3) is 0 Å². The van der Waals surface area contributed by atoms with Gasteiger partial charge in [0.25, 0.3) is 5.91 Å². The Labute approximate surface area is 114 Å². The normalized spacial score (nSPS) is 12.5. The summed E-state index contributed by atoms with van der Waals surface area (Å²) >= 11 is 13.1. The molecule has 1 unspecified atom stereocenters. The van der Waals surface area contributed by atoms with Crippen molar-refractivity contribution in [1.29, 1.82) is 0 Å². The predicted octanol–water partition coefficient (Wildman–Crippen LogP) is 2.17. The first-order chi connectivity index (χ1) is 8.08. The number of aliphatic hydroxyl groups excluding tert-OH is 1.